The first-order valence-electron chi connectivity index (χ1n) is 6.58. The van der Waals surface area contributed by atoms with Gasteiger partial charge in [-0.05, 0) is 24.5 Å². The highest BCUT2D eigenvalue weighted by molar-refractivity contribution is 5.93. The van der Waals surface area contributed by atoms with Crippen LogP contribution < -0.4 is 11.1 Å². The summed E-state index contributed by atoms with van der Waals surface area (Å²) < 4.78 is 0. The highest BCUT2D eigenvalue weighted by atomic mass is 16.2. The molecule has 1 amide bonds. The number of nitrogens with one attached hydrogen (secondary N) is 1. The Morgan fingerprint density at radius 1 is 1.42 bits per heavy atom. The van der Waals surface area contributed by atoms with E-state index in [1.807, 2.05) is 6.07 Å². The van der Waals surface area contributed by atoms with Gasteiger partial charge in [-0.3, -0.25) is 4.79 Å². The lowest BCUT2D eigenvalue weighted by Gasteiger charge is -2.19. The molecule has 0 aliphatic rings. The van der Waals surface area contributed by atoms with Crippen molar-refractivity contribution in [1.29, 1.82) is 0 Å². The van der Waals surface area contributed by atoms with Crippen molar-refractivity contribution in [3.05, 3.63) is 23.9 Å². The van der Waals surface area contributed by atoms with Gasteiger partial charge in [0.1, 0.15) is 5.82 Å². The van der Waals surface area contributed by atoms with Crippen molar-refractivity contribution in [2.45, 2.75) is 26.3 Å². The van der Waals surface area contributed by atoms with Crippen molar-refractivity contribution in [3.8, 4) is 0 Å². The van der Waals surface area contributed by atoms with E-state index in [0.29, 0.717) is 18.0 Å². The van der Waals surface area contributed by atoms with Crippen LogP contribution in [0.3, 0.4) is 0 Å². The minimum Gasteiger partial charge on any atom is -0.366 e. The van der Waals surface area contributed by atoms with Crippen molar-refractivity contribution in [2.75, 3.05) is 26.0 Å². The second-order valence-electron chi connectivity index (χ2n) is 5.34. The third-order valence-electron chi connectivity index (χ3n) is 2.81. The maximum Gasteiger partial charge on any atom is 0.254 e. The second kappa shape index (κ2) is 7.09. The molecule has 106 valence electrons. The van der Waals surface area contributed by atoms with Gasteiger partial charge < -0.3 is 16.0 Å². The molecule has 0 saturated heterocycles. The van der Waals surface area contributed by atoms with Crippen molar-refractivity contribution in [3.63, 3.8) is 0 Å². The first kappa shape index (κ1) is 15.4. The number of amides is 1. The number of carbonyl (C=O) groups excluding carboxylic acids is 1. The number of pyridine rings is 1. The molecule has 0 bridgehead atoms. The summed E-state index contributed by atoms with van der Waals surface area (Å²) in [6.45, 7) is 4.89. The molecule has 1 heterocycles. The SMILES string of the molecule is CC(C)CC(CN)Nc1ccc(C(=O)N(C)C)cn1. The van der Waals surface area contributed by atoms with Crippen LogP contribution in [0.25, 0.3) is 0 Å². The van der Waals surface area contributed by atoms with Crippen LogP contribution in [0.1, 0.15) is 30.6 Å². The number of hydrogen-bond donors (Lipinski definition) is 2. The Balaban J connectivity index is 2.68. The summed E-state index contributed by atoms with van der Waals surface area (Å²) >= 11 is 0. The highest BCUT2D eigenvalue weighted by Gasteiger charge is 2.11. The topological polar surface area (TPSA) is 71.2 Å². The van der Waals surface area contributed by atoms with E-state index < -0.39 is 0 Å². The summed E-state index contributed by atoms with van der Waals surface area (Å²) in [6, 6.07) is 3.81. The van der Waals surface area contributed by atoms with Crippen molar-refractivity contribution in [2.24, 2.45) is 11.7 Å². The average molecular weight is 264 g/mol. The molecule has 1 atom stereocenters. The normalized spacial score (nSPS) is 12.3. The fourth-order valence-corrected chi connectivity index (χ4v) is 1.86. The summed E-state index contributed by atoms with van der Waals surface area (Å²) in [5.41, 5.74) is 6.32. The third-order valence-corrected chi connectivity index (χ3v) is 2.81. The Kier molecular flexibility index (Phi) is 5.76. The summed E-state index contributed by atoms with van der Waals surface area (Å²) in [4.78, 5) is 17.5. The smallest absolute Gasteiger partial charge is 0.254 e. The minimum absolute atomic E-state index is 0.0448. The van der Waals surface area contributed by atoms with Crippen LogP contribution in [0.2, 0.25) is 0 Å². The summed E-state index contributed by atoms with van der Waals surface area (Å²) in [6.07, 6.45) is 2.59. The zero-order valence-electron chi connectivity index (χ0n) is 12.2. The molecule has 5 nitrogen and oxygen atoms in total. The maximum atomic E-state index is 11.7. The first-order valence-corrected chi connectivity index (χ1v) is 6.58. The van der Waals surface area contributed by atoms with Gasteiger partial charge in [-0.25, -0.2) is 4.98 Å². The molecule has 1 aromatic rings. The standard InChI is InChI=1S/C14H24N4O/c1-10(2)7-12(8-15)17-13-6-5-11(9-16-13)14(19)18(3)4/h5-6,9-10,12H,7-8,15H2,1-4H3,(H,16,17). The van der Waals surface area contributed by atoms with E-state index in [2.05, 4.69) is 24.1 Å². The fraction of sp³-hybridized carbons (Fsp3) is 0.571. The average Bonchev–Trinajstić information content (AvgIpc) is 2.37. The number of anilines is 1. The van der Waals surface area contributed by atoms with E-state index in [9.17, 15) is 4.79 Å². The minimum atomic E-state index is -0.0448. The van der Waals surface area contributed by atoms with Gasteiger partial charge in [0.2, 0.25) is 0 Å². The van der Waals surface area contributed by atoms with E-state index in [0.717, 1.165) is 12.2 Å². The molecule has 1 rings (SSSR count). The molecule has 0 aliphatic heterocycles. The number of rotatable bonds is 6. The van der Waals surface area contributed by atoms with Crippen molar-refractivity contribution < 1.29 is 4.79 Å². The summed E-state index contributed by atoms with van der Waals surface area (Å²) in [5.74, 6) is 1.29. The van der Waals surface area contributed by atoms with Gasteiger partial charge in [-0.2, -0.15) is 0 Å². The van der Waals surface area contributed by atoms with Gasteiger partial charge in [-0.15, -0.1) is 0 Å². The highest BCUT2D eigenvalue weighted by Crippen LogP contribution is 2.11. The van der Waals surface area contributed by atoms with Crippen LogP contribution in [-0.4, -0.2) is 42.5 Å². The number of nitrogens with zero attached hydrogens (tertiary/aromatic N) is 2. The first-order chi connectivity index (χ1) is 8.93. The number of nitrogens with two attached hydrogens (primary N) is 1. The van der Waals surface area contributed by atoms with Gasteiger partial charge >= 0.3 is 0 Å². The van der Waals surface area contributed by atoms with E-state index in [4.69, 9.17) is 5.73 Å². The van der Waals surface area contributed by atoms with Gasteiger partial charge in [0.25, 0.3) is 5.91 Å². The van der Waals surface area contributed by atoms with Crippen molar-refractivity contribution >= 4 is 11.7 Å². The molecule has 1 aromatic heterocycles. The Morgan fingerprint density at radius 3 is 2.53 bits per heavy atom. The number of carbonyl (C=O) groups is 1. The monoisotopic (exact) mass is 264 g/mol. The predicted octanol–water partition coefficient (Wildman–Crippen LogP) is 1.57. The molecular weight excluding hydrogens is 240 g/mol. The number of aromatic nitrogens is 1. The lowest BCUT2D eigenvalue weighted by Crippen LogP contribution is -2.30. The Hall–Kier alpha value is -1.62. The molecule has 0 aromatic carbocycles. The zero-order valence-corrected chi connectivity index (χ0v) is 12.2. The zero-order chi connectivity index (χ0) is 14.4. The molecule has 0 radical (unpaired) electrons. The molecule has 3 N–H and O–H groups in total. The van der Waals surface area contributed by atoms with Crippen molar-refractivity contribution in [1.82, 2.24) is 9.88 Å². The molecule has 19 heavy (non-hydrogen) atoms. The third kappa shape index (κ3) is 4.87. The quantitative estimate of drug-likeness (QED) is 0.818. The Morgan fingerprint density at radius 2 is 2.11 bits per heavy atom. The van der Waals surface area contributed by atoms with Crippen LogP contribution in [0, 0.1) is 5.92 Å². The van der Waals surface area contributed by atoms with Crippen LogP contribution in [0.4, 0.5) is 5.82 Å². The predicted molar refractivity (Wildman–Crippen MR) is 78.2 cm³/mol. The van der Waals surface area contributed by atoms with Gasteiger partial charge in [0.05, 0.1) is 5.56 Å². The van der Waals surface area contributed by atoms with Crippen LogP contribution in [0.5, 0.6) is 0 Å². The lowest BCUT2D eigenvalue weighted by atomic mass is 10.0. The van der Waals surface area contributed by atoms with E-state index >= 15 is 0 Å². The van der Waals surface area contributed by atoms with E-state index in [-0.39, 0.29) is 11.9 Å². The summed E-state index contributed by atoms with van der Waals surface area (Å²) in [7, 11) is 3.45. The Bertz CT molecular complexity index is 400. The number of hydrogen-bond acceptors (Lipinski definition) is 4. The molecule has 0 aliphatic carbocycles. The Labute approximate surface area is 115 Å². The second-order valence-corrected chi connectivity index (χ2v) is 5.34. The van der Waals surface area contributed by atoms with Gasteiger partial charge in [-0.1, -0.05) is 13.8 Å². The fourth-order valence-electron chi connectivity index (χ4n) is 1.86. The molecule has 0 saturated carbocycles. The van der Waals surface area contributed by atoms with Crippen LogP contribution >= 0.6 is 0 Å². The van der Waals surface area contributed by atoms with E-state index in [1.54, 1.807) is 26.4 Å². The molecule has 1 unspecified atom stereocenters. The maximum absolute atomic E-state index is 11.7. The molecule has 5 heteroatoms. The molecular formula is C14H24N4O. The van der Waals surface area contributed by atoms with Gasteiger partial charge in [0.15, 0.2) is 0 Å². The molecule has 0 spiro atoms. The summed E-state index contributed by atoms with van der Waals surface area (Å²) in [5, 5.41) is 3.29. The van der Waals surface area contributed by atoms with Crippen LogP contribution in [-0.2, 0) is 0 Å². The molecule has 0 fully saturated rings. The van der Waals surface area contributed by atoms with E-state index in [1.165, 1.54) is 4.90 Å². The van der Waals surface area contributed by atoms with Gasteiger partial charge in [0, 0.05) is 32.9 Å². The lowest BCUT2D eigenvalue weighted by molar-refractivity contribution is 0.0827. The largest absolute Gasteiger partial charge is 0.366 e. The van der Waals surface area contributed by atoms with Crippen LogP contribution in [0.15, 0.2) is 18.3 Å².